The van der Waals surface area contributed by atoms with Crippen molar-refractivity contribution >= 4 is 6.29 Å². The summed E-state index contributed by atoms with van der Waals surface area (Å²) >= 11 is 0. The van der Waals surface area contributed by atoms with E-state index in [4.69, 9.17) is 5.73 Å². The van der Waals surface area contributed by atoms with Gasteiger partial charge in [0.15, 0.2) is 11.7 Å². The monoisotopic (exact) mass is 202 g/mol. The van der Waals surface area contributed by atoms with Gasteiger partial charge in [0, 0.05) is 18.3 Å². The van der Waals surface area contributed by atoms with Gasteiger partial charge in [-0.1, -0.05) is 0 Å². The van der Waals surface area contributed by atoms with Crippen LogP contribution in [0.3, 0.4) is 0 Å². The summed E-state index contributed by atoms with van der Waals surface area (Å²) in [4.78, 5) is 24.0. The second-order valence-electron chi connectivity index (χ2n) is 2.59. The Bertz CT molecular complexity index is 401. The van der Waals surface area contributed by atoms with Crippen LogP contribution in [0.5, 0.6) is 0 Å². The van der Waals surface area contributed by atoms with E-state index in [1.165, 1.54) is 0 Å². The van der Waals surface area contributed by atoms with Gasteiger partial charge in [-0.3, -0.25) is 9.59 Å². The maximum absolute atomic E-state index is 12.2. The van der Waals surface area contributed by atoms with Crippen LogP contribution in [0, 0.1) is 0 Å². The van der Waals surface area contributed by atoms with Crippen LogP contribution in [0.2, 0.25) is 0 Å². The lowest BCUT2D eigenvalue weighted by Crippen LogP contribution is -2.21. The van der Waals surface area contributed by atoms with Crippen LogP contribution < -0.4 is 11.2 Å². The second-order valence-corrected chi connectivity index (χ2v) is 2.59. The van der Waals surface area contributed by atoms with E-state index >= 15 is 0 Å². The Hall–Kier alpha value is -1.56. The van der Waals surface area contributed by atoms with Crippen LogP contribution in [-0.4, -0.2) is 11.3 Å². The number of carbonyl (C=O) groups is 1. The summed E-state index contributed by atoms with van der Waals surface area (Å²) < 4.78 is 24.5. The SMILES string of the molecule is NCc1c(C=O)[nH]cc(C(F)F)c1=O. The molecule has 0 aromatic carbocycles. The Morgan fingerprint density at radius 1 is 1.57 bits per heavy atom. The van der Waals surface area contributed by atoms with Crippen molar-refractivity contribution < 1.29 is 13.6 Å². The lowest BCUT2D eigenvalue weighted by molar-refractivity contribution is 0.111. The molecule has 1 aromatic heterocycles. The van der Waals surface area contributed by atoms with Crippen molar-refractivity contribution in [2.45, 2.75) is 13.0 Å². The number of aldehydes is 1. The number of hydrogen-bond acceptors (Lipinski definition) is 3. The average Bonchev–Trinajstić information content (AvgIpc) is 2.16. The van der Waals surface area contributed by atoms with Gasteiger partial charge >= 0.3 is 0 Å². The van der Waals surface area contributed by atoms with Crippen LogP contribution >= 0.6 is 0 Å². The smallest absolute Gasteiger partial charge is 0.269 e. The van der Waals surface area contributed by atoms with E-state index in [2.05, 4.69) is 4.98 Å². The maximum atomic E-state index is 12.2. The van der Waals surface area contributed by atoms with Gasteiger partial charge in [-0.2, -0.15) is 0 Å². The molecule has 0 amide bonds. The molecule has 76 valence electrons. The van der Waals surface area contributed by atoms with E-state index in [1.807, 2.05) is 0 Å². The van der Waals surface area contributed by atoms with E-state index in [9.17, 15) is 18.4 Å². The van der Waals surface area contributed by atoms with Gasteiger partial charge in [0.1, 0.15) is 0 Å². The van der Waals surface area contributed by atoms with Gasteiger partial charge in [-0.05, 0) is 0 Å². The number of hydrogen-bond donors (Lipinski definition) is 2. The predicted molar refractivity (Wildman–Crippen MR) is 45.3 cm³/mol. The van der Waals surface area contributed by atoms with E-state index in [-0.39, 0.29) is 17.8 Å². The third kappa shape index (κ3) is 1.69. The minimum absolute atomic E-state index is 0.0538. The van der Waals surface area contributed by atoms with Crippen molar-refractivity contribution in [3.63, 3.8) is 0 Å². The molecule has 0 spiro atoms. The molecule has 3 N–H and O–H groups in total. The number of nitrogens with two attached hydrogens (primary N) is 1. The molecule has 0 bridgehead atoms. The minimum atomic E-state index is -2.87. The first kappa shape index (κ1) is 10.5. The number of H-pyrrole nitrogens is 1. The highest BCUT2D eigenvalue weighted by molar-refractivity contribution is 5.74. The summed E-state index contributed by atoms with van der Waals surface area (Å²) in [5.41, 5.74) is 3.46. The molecule has 0 aliphatic carbocycles. The predicted octanol–water partition coefficient (Wildman–Crippen LogP) is 0.584. The lowest BCUT2D eigenvalue weighted by Gasteiger charge is -2.04. The molecular weight excluding hydrogens is 194 g/mol. The summed E-state index contributed by atoms with van der Waals surface area (Å²) in [5, 5.41) is 0. The number of alkyl halides is 2. The zero-order chi connectivity index (χ0) is 10.7. The summed E-state index contributed by atoms with van der Waals surface area (Å²) in [6.45, 7) is -0.246. The van der Waals surface area contributed by atoms with Gasteiger partial charge < -0.3 is 10.7 Å². The summed E-state index contributed by atoms with van der Waals surface area (Å²) in [6, 6.07) is 0. The first-order chi connectivity index (χ1) is 6.61. The number of carbonyl (C=O) groups excluding carboxylic acids is 1. The van der Waals surface area contributed by atoms with E-state index in [1.54, 1.807) is 0 Å². The van der Waals surface area contributed by atoms with Crippen LogP contribution in [0.1, 0.15) is 28.0 Å². The maximum Gasteiger partial charge on any atom is 0.269 e. The van der Waals surface area contributed by atoms with Crippen molar-refractivity contribution in [2.24, 2.45) is 5.73 Å². The van der Waals surface area contributed by atoms with Gasteiger partial charge in [-0.25, -0.2) is 8.78 Å². The molecule has 0 fully saturated rings. The summed E-state index contributed by atoms with van der Waals surface area (Å²) in [5.74, 6) is 0. The van der Waals surface area contributed by atoms with Crippen molar-refractivity contribution in [3.8, 4) is 0 Å². The Kier molecular flexibility index (Phi) is 3.08. The molecule has 0 unspecified atom stereocenters. The number of nitrogens with one attached hydrogen (secondary N) is 1. The van der Waals surface area contributed by atoms with Crippen molar-refractivity contribution in [3.05, 3.63) is 33.2 Å². The quantitative estimate of drug-likeness (QED) is 0.704. The topological polar surface area (TPSA) is 76.0 Å². The number of aromatic nitrogens is 1. The average molecular weight is 202 g/mol. The highest BCUT2D eigenvalue weighted by Gasteiger charge is 2.16. The van der Waals surface area contributed by atoms with Crippen LogP contribution in [0.15, 0.2) is 11.0 Å². The lowest BCUT2D eigenvalue weighted by atomic mass is 10.1. The summed E-state index contributed by atoms with van der Waals surface area (Å²) in [7, 11) is 0. The van der Waals surface area contributed by atoms with Crippen LogP contribution in [0.4, 0.5) is 8.78 Å². The molecule has 0 atom stereocenters. The third-order valence-electron chi connectivity index (χ3n) is 1.80. The zero-order valence-electron chi connectivity index (χ0n) is 7.09. The third-order valence-corrected chi connectivity index (χ3v) is 1.80. The second kappa shape index (κ2) is 4.10. The van der Waals surface area contributed by atoms with Gasteiger partial charge in [0.05, 0.1) is 11.3 Å². The fourth-order valence-electron chi connectivity index (χ4n) is 1.07. The van der Waals surface area contributed by atoms with E-state index in [0.717, 1.165) is 6.20 Å². The Morgan fingerprint density at radius 3 is 2.64 bits per heavy atom. The molecule has 1 heterocycles. The number of halogens is 2. The Balaban J connectivity index is 3.43. The molecule has 0 aliphatic heterocycles. The largest absolute Gasteiger partial charge is 0.358 e. The van der Waals surface area contributed by atoms with Crippen molar-refractivity contribution in [1.82, 2.24) is 4.98 Å². The molecule has 14 heavy (non-hydrogen) atoms. The fourth-order valence-corrected chi connectivity index (χ4v) is 1.07. The van der Waals surface area contributed by atoms with Crippen LogP contribution in [0.25, 0.3) is 0 Å². The highest BCUT2D eigenvalue weighted by atomic mass is 19.3. The molecule has 1 aromatic rings. The van der Waals surface area contributed by atoms with E-state index in [0.29, 0.717) is 6.29 Å². The fraction of sp³-hybridized carbons (Fsp3) is 0.250. The van der Waals surface area contributed by atoms with Crippen LogP contribution in [-0.2, 0) is 6.54 Å². The first-order valence-corrected chi connectivity index (χ1v) is 3.79. The molecule has 1 rings (SSSR count). The Labute approximate surface area is 77.7 Å². The number of pyridine rings is 1. The van der Waals surface area contributed by atoms with Gasteiger partial charge in [-0.15, -0.1) is 0 Å². The minimum Gasteiger partial charge on any atom is -0.358 e. The Morgan fingerprint density at radius 2 is 2.21 bits per heavy atom. The molecular formula is C8H8F2N2O2. The van der Waals surface area contributed by atoms with Gasteiger partial charge in [0.25, 0.3) is 6.43 Å². The van der Waals surface area contributed by atoms with Crippen molar-refractivity contribution in [2.75, 3.05) is 0 Å². The first-order valence-electron chi connectivity index (χ1n) is 3.79. The number of aromatic amines is 1. The highest BCUT2D eigenvalue weighted by Crippen LogP contribution is 2.14. The number of rotatable bonds is 3. The molecule has 0 saturated carbocycles. The zero-order valence-corrected chi connectivity index (χ0v) is 7.09. The molecule has 0 aliphatic rings. The molecule has 0 radical (unpaired) electrons. The molecule has 0 saturated heterocycles. The van der Waals surface area contributed by atoms with Gasteiger partial charge in [0.2, 0.25) is 0 Å². The van der Waals surface area contributed by atoms with E-state index < -0.39 is 17.4 Å². The standard InChI is InChI=1S/C8H8F2N2O2/c9-8(10)5-2-12-6(3-13)4(1-11)7(5)14/h2-3,8H,1,11H2,(H,12,14). The summed E-state index contributed by atoms with van der Waals surface area (Å²) in [6.07, 6.45) is -1.67. The molecule has 6 heteroatoms. The van der Waals surface area contributed by atoms with Crippen molar-refractivity contribution in [1.29, 1.82) is 0 Å². The normalized spacial score (nSPS) is 10.6. The molecule has 4 nitrogen and oxygen atoms in total.